The Kier molecular flexibility index (Phi) is 17.4. The number of hydrogen-bond donors (Lipinski definition) is 3. The van der Waals surface area contributed by atoms with Crippen LogP contribution < -0.4 is 16.0 Å². The Labute approximate surface area is 398 Å². The van der Waals surface area contributed by atoms with Crippen LogP contribution in [0.25, 0.3) is 0 Å². The van der Waals surface area contributed by atoms with Gasteiger partial charge in [0.1, 0.15) is 6.04 Å². The van der Waals surface area contributed by atoms with Crippen LogP contribution in [0.2, 0.25) is 0 Å². The number of aromatic nitrogens is 4. The highest BCUT2D eigenvalue weighted by atomic mass is 32.2. The first-order chi connectivity index (χ1) is 33.0. The highest BCUT2D eigenvalue weighted by molar-refractivity contribution is 7.88. The summed E-state index contributed by atoms with van der Waals surface area (Å²) in [5.41, 5.74) is 7.83. The minimum Gasteiger partial charge on any atom is -0.354 e. The molecule has 6 aromatic rings. The fourth-order valence-electron chi connectivity index (χ4n) is 8.42. The van der Waals surface area contributed by atoms with Gasteiger partial charge in [-0.1, -0.05) is 84.9 Å². The molecule has 0 saturated carbocycles. The number of hydrogen-bond acceptors (Lipinski definition) is 11. The number of imidazole rings is 2. The molecule has 0 spiro atoms. The van der Waals surface area contributed by atoms with Gasteiger partial charge < -0.3 is 25.1 Å². The third kappa shape index (κ3) is 14.3. The zero-order valence-corrected chi connectivity index (χ0v) is 39.1. The molecule has 0 bridgehead atoms. The predicted octanol–water partition coefficient (Wildman–Crippen LogP) is 3.54. The van der Waals surface area contributed by atoms with Crippen molar-refractivity contribution in [3.63, 3.8) is 0 Å². The van der Waals surface area contributed by atoms with Gasteiger partial charge in [0.05, 0.1) is 48.2 Å². The number of piperazine rings is 2. The van der Waals surface area contributed by atoms with Gasteiger partial charge in [0.25, 0.3) is 0 Å². The summed E-state index contributed by atoms with van der Waals surface area (Å²) < 4.78 is 30.1. The van der Waals surface area contributed by atoms with E-state index in [1.807, 2.05) is 95.7 Å². The number of carbonyl (C=O) groups excluding carboxylic acids is 2. The first-order valence-electron chi connectivity index (χ1n) is 22.8. The Bertz CT molecular complexity index is 2750. The van der Waals surface area contributed by atoms with E-state index in [1.54, 1.807) is 31.0 Å². The van der Waals surface area contributed by atoms with E-state index in [0.717, 1.165) is 54.0 Å². The topological polar surface area (TPSA) is 197 Å². The monoisotopic (exact) mass is 934 g/mol. The van der Waals surface area contributed by atoms with Crippen molar-refractivity contribution in [1.29, 1.82) is 10.5 Å². The third-order valence-corrected chi connectivity index (χ3v) is 13.3. The average Bonchev–Trinajstić information content (AvgIpc) is 4.00. The van der Waals surface area contributed by atoms with Crippen molar-refractivity contribution in [3.05, 3.63) is 179 Å². The Morgan fingerprint density at radius 1 is 0.632 bits per heavy atom. The van der Waals surface area contributed by atoms with Crippen molar-refractivity contribution < 1.29 is 18.0 Å². The quantitative estimate of drug-likeness (QED) is 0.121. The van der Waals surface area contributed by atoms with Gasteiger partial charge in [-0.3, -0.25) is 19.4 Å². The van der Waals surface area contributed by atoms with Crippen molar-refractivity contribution >= 4 is 21.8 Å². The molecule has 68 heavy (non-hydrogen) atoms. The number of nitrogens with zero attached hydrogens (tertiary/aromatic N) is 9. The van der Waals surface area contributed by atoms with Crippen molar-refractivity contribution in [2.75, 3.05) is 58.6 Å². The molecule has 0 radical (unpaired) electrons. The zero-order valence-electron chi connectivity index (χ0n) is 38.3. The van der Waals surface area contributed by atoms with Gasteiger partial charge in [0.2, 0.25) is 21.8 Å². The molecule has 17 heteroatoms. The number of nitrogens with one attached hydrogen (secondary N) is 3. The number of carbonyl (C=O) groups is 2. The fourth-order valence-corrected chi connectivity index (χ4v) is 9.46. The second kappa shape index (κ2) is 24.2. The molecule has 2 aliphatic heterocycles. The second-order valence-corrected chi connectivity index (χ2v) is 19.0. The van der Waals surface area contributed by atoms with Gasteiger partial charge in [-0.05, 0) is 46.5 Å². The molecular formula is C51H58N12O4S. The van der Waals surface area contributed by atoms with Crippen LogP contribution in [0.1, 0.15) is 44.8 Å². The third-order valence-electron chi connectivity index (χ3n) is 12.0. The molecule has 0 unspecified atom stereocenters. The molecule has 2 aromatic heterocycles. The van der Waals surface area contributed by atoms with E-state index in [4.69, 9.17) is 10.5 Å². The maximum atomic E-state index is 13.1. The molecule has 8 rings (SSSR count). The molecular weight excluding hydrogens is 877 g/mol. The normalized spacial score (nSPS) is 16.7. The summed E-state index contributed by atoms with van der Waals surface area (Å²) in [5.74, 6) is -0.253. The molecule has 3 N–H and O–H groups in total. The minimum atomic E-state index is -3.52. The first kappa shape index (κ1) is 48.9. The van der Waals surface area contributed by atoms with Crippen LogP contribution in [0, 0.1) is 22.7 Å². The Hall–Kier alpha value is -6.99. The van der Waals surface area contributed by atoms with Gasteiger partial charge in [0, 0.05) is 115 Å². The van der Waals surface area contributed by atoms with E-state index in [0.29, 0.717) is 76.3 Å². The molecule has 2 atom stereocenters. The van der Waals surface area contributed by atoms with Crippen molar-refractivity contribution in [2.24, 2.45) is 0 Å². The highest BCUT2D eigenvalue weighted by Crippen LogP contribution is 2.17. The molecule has 16 nitrogen and oxygen atoms in total. The molecule has 2 amide bonds. The lowest BCUT2D eigenvalue weighted by molar-refractivity contribution is -0.126. The lowest BCUT2D eigenvalue weighted by atomic mass is 10.1. The van der Waals surface area contributed by atoms with Crippen molar-refractivity contribution in [2.45, 2.75) is 51.1 Å². The lowest BCUT2D eigenvalue weighted by Gasteiger charge is -2.39. The largest absolute Gasteiger partial charge is 0.354 e. The van der Waals surface area contributed by atoms with Crippen molar-refractivity contribution in [3.8, 4) is 12.1 Å². The average molecular weight is 935 g/mol. The Morgan fingerprint density at radius 2 is 1.10 bits per heavy atom. The van der Waals surface area contributed by atoms with Crippen molar-refractivity contribution in [1.82, 2.24) is 49.2 Å². The maximum absolute atomic E-state index is 13.1. The minimum absolute atomic E-state index is 0.0425. The summed E-state index contributed by atoms with van der Waals surface area (Å²) in [7, 11) is -3.52. The van der Waals surface area contributed by atoms with E-state index in [-0.39, 0.29) is 24.4 Å². The summed E-state index contributed by atoms with van der Waals surface area (Å²) in [6, 6.07) is 38.5. The van der Waals surface area contributed by atoms with Gasteiger partial charge in [-0.2, -0.15) is 14.8 Å². The molecule has 4 heterocycles. The van der Waals surface area contributed by atoms with E-state index < -0.39 is 16.1 Å². The summed E-state index contributed by atoms with van der Waals surface area (Å²) >= 11 is 0. The van der Waals surface area contributed by atoms with Gasteiger partial charge in [0.15, 0.2) is 0 Å². The molecule has 352 valence electrons. The van der Waals surface area contributed by atoms with Gasteiger partial charge >= 0.3 is 0 Å². The lowest BCUT2D eigenvalue weighted by Crippen LogP contribution is -2.60. The summed E-state index contributed by atoms with van der Waals surface area (Å²) in [6.07, 6.45) is 9.57. The van der Waals surface area contributed by atoms with E-state index >= 15 is 0 Å². The van der Waals surface area contributed by atoms with Crippen LogP contribution in [0.4, 0.5) is 0 Å². The zero-order chi connectivity index (χ0) is 47.7. The number of amides is 2. The van der Waals surface area contributed by atoms with Gasteiger partial charge in [-0.25, -0.2) is 18.4 Å². The second-order valence-electron chi connectivity index (χ2n) is 17.1. The maximum Gasteiger partial charge on any atom is 0.239 e. The summed E-state index contributed by atoms with van der Waals surface area (Å²) in [5, 5.41) is 27.3. The number of rotatable bonds is 17. The Balaban J connectivity index is 0.000000203. The van der Waals surface area contributed by atoms with E-state index in [2.05, 4.69) is 64.6 Å². The standard InChI is InChI=1S/C26H30N6O3S.C25H28N6O/c1-36(34,35)32-14-13-30(17-22-5-3-2-4-6-22)19-25(32)26(33)29-12-11-24-16-28-20-31(24)18-23-9-7-21(15-27)8-10-23;26-14-20-6-8-22(9-7-20)17-31-19-27-15-23(31)10-11-29-25(32)24-18-30(13-12-28-24)16-21-4-2-1-3-5-21/h2-10,16,20,25H,11-14,17-19H2,1H3,(H,29,33);1-9,15,19,24,28H,10-13,16-18H2,(H,29,32)/t25-;24-/m11/s1. The fraction of sp³-hybridized carbons (Fsp3) is 0.333. The summed E-state index contributed by atoms with van der Waals surface area (Å²) in [6.45, 7) is 7.39. The predicted molar refractivity (Wildman–Crippen MR) is 259 cm³/mol. The van der Waals surface area contributed by atoms with E-state index in [9.17, 15) is 18.0 Å². The van der Waals surface area contributed by atoms with Gasteiger partial charge in [-0.15, -0.1) is 0 Å². The van der Waals surface area contributed by atoms with Crippen LogP contribution in [0.3, 0.4) is 0 Å². The molecule has 2 saturated heterocycles. The van der Waals surface area contributed by atoms with Crippen LogP contribution in [0.5, 0.6) is 0 Å². The number of sulfonamides is 1. The van der Waals surface area contributed by atoms with Crippen LogP contribution >= 0.6 is 0 Å². The van der Waals surface area contributed by atoms with Crippen LogP contribution in [0.15, 0.2) is 134 Å². The molecule has 2 aliphatic rings. The number of benzene rings is 4. The Morgan fingerprint density at radius 3 is 1.59 bits per heavy atom. The molecule has 0 aliphatic carbocycles. The first-order valence-corrected chi connectivity index (χ1v) is 24.6. The SMILES string of the molecule is CS(=O)(=O)N1CCN(Cc2ccccc2)C[C@@H]1C(=O)NCCc1cncn1Cc1ccc(C#N)cc1.N#Cc1ccc(Cn2cncc2CCNC(=O)[C@H]2CN(Cc3ccccc3)CCN2)cc1. The summed E-state index contributed by atoms with van der Waals surface area (Å²) in [4.78, 5) is 38.8. The number of nitriles is 2. The molecule has 4 aromatic carbocycles. The van der Waals surface area contributed by atoms with E-state index in [1.165, 1.54) is 9.87 Å². The van der Waals surface area contributed by atoms with Crippen LogP contribution in [-0.2, 0) is 58.6 Å². The highest BCUT2D eigenvalue weighted by Gasteiger charge is 2.37. The van der Waals surface area contributed by atoms with Crippen LogP contribution in [-0.4, -0.2) is 124 Å². The molecule has 2 fully saturated rings. The smallest absolute Gasteiger partial charge is 0.239 e.